The molecule has 0 radical (unpaired) electrons. The van der Waals surface area contributed by atoms with Crippen LogP contribution in [0.15, 0.2) is 30.3 Å². The van der Waals surface area contributed by atoms with Crippen LogP contribution < -0.4 is 5.32 Å². The van der Waals surface area contributed by atoms with Gasteiger partial charge < -0.3 is 10.2 Å². The Labute approximate surface area is 112 Å². The first-order valence-electron chi connectivity index (χ1n) is 6.61. The van der Waals surface area contributed by atoms with Gasteiger partial charge in [0.1, 0.15) is 0 Å². The zero-order chi connectivity index (χ0) is 13.2. The van der Waals surface area contributed by atoms with Gasteiger partial charge in [-0.3, -0.25) is 9.78 Å². The summed E-state index contributed by atoms with van der Waals surface area (Å²) in [4.78, 5) is 18.7. The van der Waals surface area contributed by atoms with Gasteiger partial charge >= 0.3 is 0 Å². The lowest BCUT2D eigenvalue weighted by Gasteiger charge is -2.27. The summed E-state index contributed by atoms with van der Waals surface area (Å²) in [6, 6.07) is 9.73. The van der Waals surface area contributed by atoms with Crippen LogP contribution in [0.1, 0.15) is 16.1 Å². The molecule has 0 atom stereocenters. The lowest BCUT2D eigenvalue weighted by atomic mass is 10.1. The summed E-state index contributed by atoms with van der Waals surface area (Å²) in [5.74, 6) is 0.115. The van der Waals surface area contributed by atoms with E-state index in [0.717, 1.165) is 48.3 Å². The van der Waals surface area contributed by atoms with Gasteiger partial charge in [-0.2, -0.15) is 0 Å². The highest BCUT2D eigenvalue weighted by atomic mass is 16.2. The highest BCUT2D eigenvalue weighted by Crippen LogP contribution is 2.16. The van der Waals surface area contributed by atoms with E-state index < -0.39 is 0 Å². The molecular weight excluding hydrogens is 238 g/mol. The first-order valence-corrected chi connectivity index (χ1v) is 6.61. The number of carbonyl (C=O) groups excluding carboxylic acids is 1. The van der Waals surface area contributed by atoms with E-state index in [-0.39, 0.29) is 5.91 Å². The number of nitrogens with zero attached hydrogens (tertiary/aromatic N) is 2. The van der Waals surface area contributed by atoms with Crippen LogP contribution in [0.25, 0.3) is 10.9 Å². The fraction of sp³-hybridized carbons (Fsp3) is 0.333. The number of benzene rings is 1. The lowest BCUT2D eigenvalue weighted by Crippen LogP contribution is -2.46. The molecule has 1 N–H and O–H groups in total. The number of hydrogen-bond acceptors (Lipinski definition) is 3. The van der Waals surface area contributed by atoms with E-state index in [1.54, 1.807) is 0 Å². The van der Waals surface area contributed by atoms with Crippen molar-refractivity contribution in [2.45, 2.75) is 6.92 Å². The number of amides is 1. The monoisotopic (exact) mass is 255 g/mol. The first kappa shape index (κ1) is 12.1. The molecule has 4 nitrogen and oxygen atoms in total. The van der Waals surface area contributed by atoms with E-state index in [9.17, 15) is 4.79 Å². The van der Waals surface area contributed by atoms with Crippen molar-refractivity contribution in [3.8, 4) is 0 Å². The van der Waals surface area contributed by atoms with E-state index in [4.69, 9.17) is 0 Å². The maximum Gasteiger partial charge on any atom is 0.253 e. The molecule has 4 heteroatoms. The number of carbonyl (C=O) groups is 1. The SMILES string of the molecule is Cc1ccc2cc(C(=O)N3CCNCC3)ccc2n1. The Morgan fingerprint density at radius 2 is 2.00 bits per heavy atom. The summed E-state index contributed by atoms with van der Waals surface area (Å²) >= 11 is 0. The van der Waals surface area contributed by atoms with Crippen molar-refractivity contribution < 1.29 is 4.79 Å². The number of piperazine rings is 1. The van der Waals surface area contributed by atoms with Gasteiger partial charge in [-0.1, -0.05) is 6.07 Å². The normalized spacial score (nSPS) is 15.7. The molecule has 1 aromatic carbocycles. The van der Waals surface area contributed by atoms with Crippen LogP contribution in [0.5, 0.6) is 0 Å². The summed E-state index contributed by atoms with van der Waals surface area (Å²) < 4.78 is 0. The predicted octanol–water partition coefficient (Wildman–Crippen LogP) is 1.59. The molecule has 1 aliphatic rings. The largest absolute Gasteiger partial charge is 0.336 e. The summed E-state index contributed by atoms with van der Waals surface area (Å²) in [6.07, 6.45) is 0. The molecule has 0 bridgehead atoms. The number of aromatic nitrogens is 1. The van der Waals surface area contributed by atoms with Crippen molar-refractivity contribution in [1.82, 2.24) is 15.2 Å². The van der Waals surface area contributed by atoms with Crippen LogP contribution in [0.3, 0.4) is 0 Å². The molecule has 1 saturated heterocycles. The molecular formula is C15H17N3O. The van der Waals surface area contributed by atoms with Gasteiger partial charge in [-0.25, -0.2) is 0 Å². The first-order chi connectivity index (χ1) is 9.24. The van der Waals surface area contributed by atoms with Crippen LogP contribution in [0.4, 0.5) is 0 Å². The lowest BCUT2D eigenvalue weighted by molar-refractivity contribution is 0.0736. The zero-order valence-corrected chi connectivity index (χ0v) is 11.0. The predicted molar refractivity (Wildman–Crippen MR) is 75.3 cm³/mol. The van der Waals surface area contributed by atoms with Gasteiger partial charge in [0.05, 0.1) is 5.52 Å². The molecule has 2 aromatic rings. The molecule has 3 rings (SSSR count). The third-order valence-electron chi connectivity index (χ3n) is 3.48. The minimum atomic E-state index is 0.115. The Bertz CT molecular complexity index is 618. The molecule has 0 aliphatic carbocycles. The van der Waals surface area contributed by atoms with Gasteiger partial charge in [0.25, 0.3) is 5.91 Å². The Morgan fingerprint density at radius 3 is 2.79 bits per heavy atom. The highest BCUT2D eigenvalue weighted by Gasteiger charge is 2.17. The van der Waals surface area contributed by atoms with Crippen LogP contribution in [-0.4, -0.2) is 42.0 Å². The molecule has 2 heterocycles. The van der Waals surface area contributed by atoms with Crippen molar-refractivity contribution in [1.29, 1.82) is 0 Å². The molecule has 1 aliphatic heterocycles. The van der Waals surface area contributed by atoms with E-state index >= 15 is 0 Å². The quantitative estimate of drug-likeness (QED) is 0.841. The second-order valence-electron chi connectivity index (χ2n) is 4.90. The van der Waals surface area contributed by atoms with Crippen molar-refractivity contribution in [2.75, 3.05) is 26.2 Å². The van der Waals surface area contributed by atoms with Crippen molar-refractivity contribution in [2.24, 2.45) is 0 Å². The summed E-state index contributed by atoms with van der Waals surface area (Å²) in [5, 5.41) is 4.27. The zero-order valence-electron chi connectivity index (χ0n) is 11.0. The summed E-state index contributed by atoms with van der Waals surface area (Å²) in [7, 11) is 0. The molecule has 98 valence electrons. The van der Waals surface area contributed by atoms with Crippen LogP contribution >= 0.6 is 0 Å². The number of aryl methyl sites for hydroxylation is 1. The van der Waals surface area contributed by atoms with E-state index in [1.807, 2.05) is 42.2 Å². The van der Waals surface area contributed by atoms with Crippen LogP contribution in [-0.2, 0) is 0 Å². The molecule has 19 heavy (non-hydrogen) atoms. The maximum absolute atomic E-state index is 12.4. The maximum atomic E-state index is 12.4. The smallest absolute Gasteiger partial charge is 0.253 e. The number of rotatable bonds is 1. The standard InChI is InChI=1S/C15H17N3O/c1-11-2-3-12-10-13(4-5-14(12)17-11)15(19)18-8-6-16-7-9-18/h2-5,10,16H,6-9H2,1H3. The second-order valence-corrected chi connectivity index (χ2v) is 4.90. The van der Waals surface area contributed by atoms with E-state index in [2.05, 4.69) is 10.3 Å². The van der Waals surface area contributed by atoms with Crippen LogP contribution in [0, 0.1) is 6.92 Å². The molecule has 1 aromatic heterocycles. The number of pyridine rings is 1. The minimum Gasteiger partial charge on any atom is -0.336 e. The third-order valence-corrected chi connectivity index (χ3v) is 3.48. The van der Waals surface area contributed by atoms with Gasteiger partial charge in [0.15, 0.2) is 0 Å². The number of nitrogens with one attached hydrogen (secondary N) is 1. The highest BCUT2D eigenvalue weighted by molar-refractivity contribution is 5.98. The van der Waals surface area contributed by atoms with E-state index in [0.29, 0.717) is 0 Å². The number of hydrogen-bond donors (Lipinski definition) is 1. The molecule has 0 saturated carbocycles. The number of fused-ring (bicyclic) bond motifs is 1. The van der Waals surface area contributed by atoms with Crippen molar-refractivity contribution >= 4 is 16.8 Å². The minimum absolute atomic E-state index is 0.115. The fourth-order valence-corrected chi connectivity index (χ4v) is 2.41. The van der Waals surface area contributed by atoms with Gasteiger partial charge in [0.2, 0.25) is 0 Å². The molecule has 0 unspecified atom stereocenters. The van der Waals surface area contributed by atoms with Gasteiger partial charge in [0, 0.05) is 42.8 Å². The summed E-state index contributed by atoms with van der Waals surface area (Å²) in [6.45, 7) is 5.28. The molecule has 0 spiro atoms. The van der Waals surface area contributed by atoms with E-state index in [1.165, 1.54) is 0 Å². The average molecular weight is 255 g/mol. The summed E-state index contributed by atoms with van der Waals surface area (Å²) in [5.41, 5.74) is 2.69. The topological polar surface area (TPSA) is 45.2 Å². The van der Waals surface area contributed by atoms with Gasteiger partial charge in [-0.05, 0) is 31.2 Å². The second kappa shape index (κ2) is 4.97. The Balaban J connectivity index is 1.92. The Kier molecular flexibility index (Phi) is 3.17. The van der Waals surface area contributed by atoms with Gasteiger partial charge in [-0.15, -0.1) is 0 Å². The van der Waals surface area contributed by atoms with Crippen LogP contribution in [0.2, 0.25) is 0 Å². The fourth-order valence-electron chi connectivity index (χ4n) is 2.41. The third kappa shape index (κ3) is 2.44. The van der Waals surface area contributed by atoms with Crippen molar-refractivity contribution in [3.63, 3.8) is 0 Å². The Hall–Kier alpha value is -1.94. The molecule has 1 amide bonds. The van der Waals surface area contributed by atoms with Crippen molar-refractivity contribution in [3.05, 3.63) is 41.6 Å². The molecule has 1 fully saturated rings. The average Bonchev–Trinajstić information content (AvgIpc) is 2.47. The Morgan fingerprint density at radius 1 is 1.21 bits per heavy atom.